The first-order valence-electron chi connectivity index (χ1n) is 12.4. The maximum absolute atomic E-state index is 15.5. The molecular weight excluding hydrogens is 500 g/mol. The lowest BCUT2D eigenvalue weighted by molar-refractivity contribution is -0.582. The number of carbonyl (C=O) groups is 1. The van der Waals surface area contributed by atoms with Gasteiger partial charge in [-0.1, -0.05) is 19.2 Å². The highest BCUT2D eigenvalue weighted by Gasteiger charge is 2.43. The lowest BCUT2D eigenvalue weighted by atomic mass is 9.86. The third-order valence-electron chi connectivity index (χ3n) is 8.06. The number of hydrogen-bond acceptors (Lipinski definition) is 3. The molecule has 0 saturated carbocycles. The fourth-order valence-corrected chi connectivity index (χ4v) is 8.77. The van der Waals surface area contributed by atoms with Crippen molar-refractivity contribution in [1.29, 1.82) is 0 Å². The molecule has 0 N–H and O–H groups in total. The van der Waals surface area contributed by atoms with Crippen LogP contribution in [-0.2, 0) is 0 Å². The van der Waals surface area contributed by atoms with E-state index < -0.39 is 48.4 Å². The number of allylic oxidation sites excluding steroid dienone is 5. The molecule has 3 heterocycles. The summed E-state index contributed by atoms with van der Waals surface area (Å²) in [5.74, 6) is -10.1. The average Bonchev–Trinajstić information content (AvgIpc) is 2.79. The zero-order chi connectivity index (χ0) is 26.2. The molecular formula is C28H24F4N2O2Si. The lowest BCUT2D eigenvalue weighted by Gasteiger charge is -2.40. The fourth-order valence-electron chi connectivity index (χ4n) is 5.69. The Kier molecular flexibility index (Phi) is 5.35. The summed E-state index contributed by atoms with van der Waals surface area (Å²) in [5, 5.41) is 13.8. The van der Waals surface area contributed by atoms with Gasteiger partial charge in [0.2, 0.25) is 0 Å². The smallest absolute Gasteiger partial charge is 0.199 e. The summed E-state index contributed by atoms with van der Waals surface area (Å²) in [6.45, 7) is 7.94. The molecule has 0 unspecified atom stereocenters. The highest BCUT2D eigenvalue weighted by Crippen LogP contribution is 2.44. The van der Waals surface area contributed by atoms with Gasteiger partial charge >= 0.3 is 0 Å². The van der Waals surface area contributed by atoms with Gasteiger partial charge in [0.25, 0.3) is 0 Å². The molecule has 6 rings (SSSR count). The number of rotatable bonds is 3. The van der Waals surface area contributed by atoms with Gasteiger partial charge in [-0.3, -0.25) is 0 Å². The van der Waals surface area contributed by atoms with Crippen molar-refractivity contribution in [2.75, 3.05) is 31.1 Å². The van der Waals surface area contributed by atoms with E-state index in [2.05, 4.69) is 22.6 Å². The van der Waals surface area contributed by atoms with Gasteiger partial charge in [0.1, 0.15) is 21.2 Å². The summed E-state index contributed by atoms with van der Waals surface area (Å²) in [4.78, 5) is 14.2. The van der Waals surface area contributed by atoms with Crippen LogP contribution >= 0.6 is 0 Å². The second kappa shape index (κ2) is 8.27. The van der Waals surface area contributed by atoms with Crippen molar-refractivity contribution in [2.45, 2.75) is 25.9 Å². The number of benzene rings is 2. The number of carboxylic acids is 1. The predicted octanol–water partition coefficient (Wildman–Crippen LogP) is 3.44. The van der Waals surface area contributed by atoms with Crippen LogP contribution in [0, 0.1) is 23.3 Å². The molecule has 0 bridgehead atoms. The Balaban J connectivity index is 1.72. The Labute approximate surface area is 212 Å². The molecule has 3 aliphatic heterocycles. The Hall–Kier alpha value is -3.46. The van der Waals surface area contributed by atoms with Crippen LogP contribution in [0.1, 0.15) is 34.3 Å². The van der Waals surface area contributed by atoms with Gasteiger partial charge < -0.3 is 14.8 Å². The SMILES string of the molecule is C[Si]1(C)C2=CC(=[N+]3CCC3)C=CC2=C(c2c(F)c(F)c(F)c(F)c2C(=O)[O-])c2ccc(N3CCC3)cc21. The van der Waals surface area contributed by atoms with Gasteiger partial charge in [0.05, 0.1) is 12.4 Å². The van der Waals surface area contributed by atoms with Crippen LogP contribution in [0.25, 0.3) is 5.57 Å². The van der Waals surface area contributed by atoms with Crippen LogP contribution in [-0.4, -0.2) is 50.5 Å². The topological polar surface area (TPSA) is 46.4 Å². The van der Waals surface area contributed by atoms with Crippen molar-refractivity contribution in [1.82, 2.24) is 0 Å². The second-order valence-electron chi connectivity index (χ2n) is 10.4. The van der Waals surface area contributed by atoms with Crippen molar-refractivity contribution in [3.8, 4) is 0 Å². The predicted molar refractivity (Wildman–Crippen MR) is 134 cm³/mol. The van der Waals surface area contributed by atoms with E-state index in [1.54, 1.807) is 12.1 Å². The van der Waals surface area contributed by atoms with E-state index in [4.69, 9.17) is 0 Å². The molecule has 190 valence electrons. The monoisotopic (exact) mass is 524 g/mol. The van der Waals surface area contributed by atoms with E-state index in [-0.39, 0.29) is 5.57 Å². The van der Waals surface area contributed by atoms with Crippen LogP contribution < -0.4 is 15.2 Å². The Morgan fingerprint density at radius 1 is 0.973 bits per heavy atom. The molecule has 2 aromatic rings. The molecule has 0 aromatic heterocycles. The van der Waals surface area contributed by atoms with E-state index in [0.717, 1.165) is 60.8 Å². The summed E-state index contributed by atoms with van der Waals surface area (Å²) >= 11 is 0. The van der Waals surface area contributed by atoms with Crippen LogP contribution in [0.15, 0.2) is 47.2 Å². The molecule has 0 atom stereocenters. The standard InChI is InChI=1S/C28H24F4N2O2Si/c1-37(2)19-13-15(33-9-3-10-33)5-7-17(19)21(18-8-6-16(14-20(18)37)34-11-4-12-34)22-23(28(35)36)25(30)27(32)26(31)24(22)29/h5-8,13-14H,3-4,9-12H2,1-2H3. The summed E-state index contributed by atoms with van der Waals surface area (Å²) in [5.41, 5.74) is 0.874. The Morgan fingerprint density at radius 2 is 1.68 bits per heavy atom. The molecule has 1 aliphatic carbocycles. The van der Waals surface area contributed by atoms with Gasteiger partial charge in [0, 0.05) is 42.1 Å². The first-order chi connectivity index (χ1) is 17.6. The van der Waals surface area contributed by atoms with Crippen LogP contribution in [0.4, 0.5) is 23.2 Å². The molecule has 9 heteroatoms. The minimum Gasteiger partial charge on any atom is -0.545 e. The molecule has 4 nitrogen and oxygen atoms in total. The zero-order valence-corrected chi connectivity index (χ0v) is 21.4. The molecule has 4 aliphatic rings. The zero-order valence-electron chi connectivity index (χ0n) is 20.4. The average molecular weight is 525 g/mol. The number of anilines is 1. The molecule has 37 heavy (non-hydrogen) atoms. The summed E-state index contributed by atoms with van der Waals surface area (Å²) < 4.78 is 61.3. The molecule has 0 spiro atoms. The number of fused-ring (bicyclic) bond motifs is 2. The number of carbonyl (C=O) groups excluding carboxylic acids is 1. The van der Waals surface area contributed by atoms with Gasteiger partial charge in [-0.05, 0) is 51.7 Å². The van der Waals surface area contributed by atoms with Crippen molar-refractivity contribution in [3.63, 3.8) is 0 Å². The van der Waals surface area contributed by atoms with Crippen molar-refractivity contribution < 1.29 is 32.0 Å². The number of carboxylic acid groups (broad SMARTS) is 1. The number of hydrogen-bond donors (Lipinski definition) is 0. The van der Waals surface area contributed by atoms with E-state index in [0.29, 0.717) is 11.1 Å². The first-order valence-corrected chi connectivity index (χ1v) is 15.4. The summed E-state index contributed by atoms with van der Waals surface area (Å²) in [6, 6.07) is 5.65. The highest BCUT2D eigenvalue weighted by atomic mass is 28.3. The quantitative estimate of drug-likeness (QED) is 0.203. The number of halogens is 4. The fraction of sp³-hybridized carbons (Fsp3) is 0.286. The molecule has 0 radical (unpaired) electrons. The van der Waals surface area contributed by atoms with E-state index >= 15 is 4.39 Å². The third-order valence-corrected chi connectivity index (χ3v) is 11.6. The normalized spacial score (nSPS) is 19.7. The van der Waals surface area contributed by atoms with Gasteiger partial charge in [-0.15, -0.1) is 0 Å². The Bertz CT molecular complexity index is 1530. The van der Waals surface area contributed by atoms with Crippen LogP contribution in [0.3, 0.4) is 0 Å². The third kappa shape index (κ3) is 3.39. The van der Waals surface area contributed by atoms with E-state index in [1.807, 2.05) is 24.3 Å². The van der Waals surface area contributed by atoms with Crippen molar-refractivity contribution in [3.05, 3.63) is 87.2 Å². The van der Waals surface area contributed by atoms with E-state index in [1.165, 1.54) is 0 Å². The van der Waals surface area contributed by atoms with Crippen molar-refractivity contribution in [2.24, 2.45) is 0 Å². The maximum atomic E-state index is 15.5. The molecule has 2 saturated heterocycles. The minimum absolute atomic E-state index is 0.0386. The molecule has 2 fully saturated rings. The largest absolute Gasteiger partial charge is 0.545 e. The Morgan fingerprint density at radius 3 is 2.27 bits per heavy atom. The maximum Gasteiger partial charge on any atom is 0.199 e. The van der Waals surface area contributed by atoms with Crippen LogP contribution in [0.2, 0.25) is 13.1 Å². The number of nitrogens with zero attached hydrogens (tertiary/aromatic N) is 2. The summed E-state index contributed by atoms with van der Waals surface area (Å²) in [7, 11) is -2.46. The second-order valence-corrected chi connectivity index (χ2v) is 14.8. The molecule has 2 aromatic carbocycles. The minimum atomic E-state index is -2.46. The molecule has 0 amide bonds. The highest BCUT2D eigenvalue weighted by molar-refractivity contribution is 6.98. The van der Waals surface area contributed by atoms with Gasteiger partial charge in [0.15, 0.2) is 29.0 Å². The van der Waals surface area contributed by atoms with Gasteiger partial charge in [-0.2, -0.15) is 0 Å². The van der Waals surface area contributed by atoms with E-state index in [9.17, 15) is 23.1 Å². The van der Waals surface area contributed by atoms with Crippen LogP contribution in [0.5, 0.6) is 0 Å². The van der Waals surface area contributed by atoms with Crippen molar-refractivity contribution >= 4 is 36.2 Å². The lowest BCUT2D eigenvalue weighted by Crippen LogP contribution is -2.50. The first kappa shape index (κ1) is 23.9. The number of aromatic carboxylic acids is 1. The van der Waals surface area contributed by atoms with Gasteiger partial charge in [-0.25, -0.2) is 22.1 Å². The summed E-state index contributed by atoms with van der Waals surface area (Å²) in [6.07, 6.45) is 7.80.